The summed E-state index contributed by atoms with van der Waals surface area (Å²) in [5.74, 6) is -1.25. The van der Waals surface area contributed by atoms with E-state index in [1.54, 1.807) is 0 Å². The summed E-state index contributed by atoms with van der Waals surface area (Å²) in [6.07, 6.45) is 7.57. The molecule has 0 saturated carbocycles. The Labute approximate surface area is 333 Å². The van der Waals surface area contributed by atoms with Crippen LogP contribution in [0, 0.1) is 35.5 Å². The van der Waals surface area contributed by atoms with Crippen LogP contribution in [0.1, 0.15) is 47.4 Å². The molecule has 4 aromatic rings. The van der Waals surface area contributed by atoms with Gasteiger partial charge in [0.2, 0.25) is 0 Å². The third-order valence-electron chi connectivity index (χ3n) is 12.6. The molecule has 2 saturated heterocycles. The summed E-state index contributed by atoms with van der Waals surface area (Å²) in [4.78, 5) is 36.7. The van der Waals surface area contributed by atoms with Crippen LogP contribution in [-0.2, 0) is 42.3 Å². The smallest absolute Gasteiger partial charge is 0.394 e. The maximum absolute atomic E-state index is 12.2. The zero-order valence-electron chi connectivity index (χ0n) is 32.4. The van der Waals surface area contributed by atoms with E-state index < -0.39 is 22.2 Å². The number of carbonyl (C=O) groups is 2. The Kier molecular flexibility index (Phi) is 13.4. The van der Waals surface area contributed by atoms with Crippen LogP contribution in [-0.4, -0.2) is 113 Å². The number of aliphatic hydroxyl groups excluding tert-OH is 2. The molecule has 0 aliphatic carbocycles. The number of aromatic amines is 2. The van der Waals surface area contributed by atoms with Crippen LogP contribution in [0.2, 0.25) is 0 Å². The largest absolute Gasteiger partial charge is 0.469 e. The summed E-state index contributed by atoms with van der Waals surface area (Å²) < 4.78 is 41.5. The molecule has 0 amide bonds. The molecule has 8 atom stereocenters. The first-order valence-corrected chi connectivity index (χ1v) is 20.7. The highest BCUT2D eigenvalue weighted by molar-refractivity contribution is 7.79. The fourth-order valence-electron chi connectivity index (χ4n) is 9.88. The van der Waals surface area contributed by atoms with Gasteiger partial charge in [0.15, 0.2) is 0 Å². The Morgan fingerprint density at radius 1 is 0.754 bits per heavy atom. The molecule has 6 N–H and O–H groups in total. The van der Waals surface area contributed by atoms with Crippen LogP contribution in [0.3, 0.4) is 0 Å². The number of aliphatic hydroxyl groups is 2. The number of ether oxygens (including phenoxy) is 2. The van der Waals surface area contributed by atoms with Gasteiger partial charge in [-0.2, -0.15) is 8.42 Å². The number of hydrogen-bond donors (Lipinski definition) is 6. The number of esters is 2. The minimum atomic E-state index is -4.67. The number of H-pyrrole nitrogens is 2. The molecular weight excluding hydrogens is 753 g/mol. The molecule has 15 heteroatoms. The first-order valence-electron chi connectivity index (χ1n) is 19.3. The van der Waals surface area contributed by atoms with Crippen molar-refractivity contribution in [1.29, 1.82) is 0 Å². The van der Waals surface area contributed by atoms with Gasteiger partial charge in [-0.3, -0.25) is 28.5 Å². The van der Waals surface area contributed by atoms with Crippen molar-refractivity contribution in [2.75, 3.05) is 53.6 Å². The van der Waals surface area contributed by atoms with Gasteiger partial charge in [-0.05, 0) is 72.6 Å². The number of rotatable bonds is 8. The first-order chi connectivity index (χ1) is 27.3. The Morgan fingerprint density at radius 3 is 1.46 bits per heavy atom. The third-order valence-corrected chi connectivity index (χ3v) is 12.6. The number of nitrogens with one attached hydrogen (secondary N) is 2. The Hall–Kier alpha value is -4.35. The van der Waals surface area contributed by atoms with E-state index in [2.05, 4.69) is 81.5 Å². The summed E-state index contributed by atoms with van der Waals surface area (Å²) in [5.41, 5.74) is 7.69. The van der Waals surface area contributed by atoms with Gasteiger partial charge < -0.3 is 29.7 Å². The summed E-state index contributed by atoms with van der Waals surface area (Å²) in [7, 11) is -1.89. The average molecular weight is 807 g/mol. The molecule has 2 fully saturated rings. The molecule has 57 heavy (non-hydrogen) atoms. The summed E-state index contributed by atoms with van der Waals surface area (Å²) >= 11 is 0. The quantitative estimate of drug-likeness (QED) is 0.0816. The van der Waals surface area contributed by atoms with Crippen molar-refractivity contribution in [2.45, 2.75) is 37.8 Å². The fourth-order valence-corrected chi connectivity index (χ4v) is 9.88. The molecule has 2 aromatic heterocycles. The standard InChI is InChI=1S/2C21H26N2O3.H2O4S/c2*1-3-13-11-23-9-8-15-14-6-4-5-7-18(14)22-20(15)19(23)10-16(13)17(12-24)21(25)26-2;1-5(2,3)4/h2*3-7,13,16-17,19,22,24H,1,8-12H2,2H3;(H2,1,2,3,4)/t2*13-,16-,17-,19-;/m00./s1. The van der Waals surface area contributed by atoms with Crippen LogP contribution in [0.25, 0.3) is 21.8 Å². The van der Waals surface area contributed by atoms with Crippen LogP contribution in [0.15, 0.2) is 73.8 Å². The molecule has 308 valence electrons. The van der Waals surface area contributed by atoms with Crippen molar-refractivity contribution in [3.8, 4) is 0 Å². The van der Waals surface area contributed by atoms with E-state index in [4.69, 9.17) is 27.0 Å². The van der Waals surface area contributed by atoms with Crippen LogP contribution >= 0.6 is 0 Å². The highest BCUT2D eigenvalue weighted by atomic mass is 32.3. The fraction of sp³-hybridized carbons (Fsp3) is 0.476. The lowest BCUT2D eigenvalue weighted by molar-refractivity contribution is -0.152. The highest BCUT2D eigenvalue weighted by Gasteiger charge is 2.45. The lowest BCUT2D eigenvalue weighted by atomic mass is 9.72. The molecule has 4 aliphatic heterocycles. The maximum Gasteiger partial charge on any atom is 0.394 e. The third kappa shape index (κ3) is 8.89. The van der Waals surface area contributed by atoms with E-state index in [0.29, 0.717) is 0 Å². The first kappa shape index (κ1) is 42.3. The Bertz CT molecular complexity index is 2040. The van der Waals surface area contributed by atoms with E-state index in [1.165, 1.54) is 58.5 Å². The van der Waals surface area contributed by atoms with Gasteiger partial charge >= 0.3 is 22.3 Å². The van der Waals surface area contributed by atoms with Crippen molar-refractivity contribution in [1.82, 2.24) is 19.8 Å². The number of methoxy groups -OCH3 is 2. The molecule has 2 aromatic carbocycles. The van der Waals surface area contributed by atoms with Crippen molar-refractivity contribution in [2.24, 2.45) is 35.5 Å². The lowest BCUT2D eigenvalue weighted by Gasteiger charge is -2.47. The summed E-state index contributed by atoms with van der Waals surface area (Å²) in [6.45, 7) is 11.3. The summed E-state index contributed by atoms with van der Waals surface area (Å²) in [5, 5.41) is 22.3. The molecular formula is C42H54N4O10S. The van der Waals surface area contributed by atoms with Gasteiger partial charge in [-0.1, -0.05) is 48.6 Å². The number of hydrogen-bond acceptors (Lipinski definition) is 10. The second-order valence-corrected chi connectivity index (χ2v) is 16.2. The number of aromatic nitrogens is 2. The van der Waals surface area contributed by atoms with E-state index >= 15 is 0 Å². The van der Waals surface area contributed by atoms with Crippen LogP contribution in [0.5, 0.6) is 0 Å². The topological polar surface area (TPSA) is 206 Å². The van der Waals surface area contributed by atoms with Crippen LogP contribution < -0.4 is 0 Å². The Balaban J connectivity index is 0.000000173. The number of carbonyl (C=O) groups excluding carboxylic acids is 2. The van der Waals surface area contributed by atoms with E-state index in [-0.39, 0.29) is 60.9 Å². The predicted octanol–water partition coefficient (Wildman–Crippen LogP) is 4.69. The minimum absolute atomic E-state index is 0.0311. The maximum atomic E-state index is 12.2. The normalized spacial score (nSPS) is 25.4. The molecule has 0 unspecified atom stereocenters. The van der Waals surface area contributed by atoms with Gasteiger partial charge in [0.1, 0.15) is 0 Å². The predicted molar refractivity (Wildman–Crippen MR) is 216 cm³/mol. The monoisotopic (exact) mass is 806 g/mol. The number of piperidine rings is 2. The van der Waals surface area contributed by atoms with E-state index in [1.807, 2.05) is 12.2 Å². The van der Waals surface area contributed by atoms with Gasteiger partial charge in [0.25, 0.3) is 0 Å². The van der Waals surface area contributed by atoms with Crippen LogP contribution in [0.4, 0.5) is 0 Å². The SMILES string of the molecule is C=C[C@H]1CN2CCc3c([nH]c4ccccc34)[C@@H]2C[C@@H]1[C@H](CO)C(=O)OC.C=C[C@H]1CN2CCc3c([nH]c4ccccc34)[C@@H]2C[C@@H]1[C@H](CO)C(=O)OC.O=S(=O)(O)O. The summed E-state index contributed by atoms with van der Waals surface area (Å²) in [6, 6.07) is 17.4. The van der Waals surface area contributed by atoms with Gasteiger partial charge in [0, 0.05) is 59.4 Å². The number of fused-ring (bicyclic) bond motifs is 10. The van der Waals surface area contributed by atoms with E-state index in [9.17, 15) is 19.8 Å². The Morgan fingerprint density at radius 2 is 1.12 bits per heavy atom. The molecule has 0 bridgehead atoms. The average Bonchev–Trinajstić information content (AvgIpc) is 3.79. The molecule has 6 heterocycles. The molecule has 0 spiro atoms. The number of nitrogens with zero attached hydrogens (tertiary/aromatic N) is 2. The number of benzene rings is 2. The zero-order chi connectivity index (χ0) is 41.0. The zero-order valence-corrected chi connectivity index (χ0v) is 33.2. The second kappa shape index (κ2) is 18.1. The van der Waals surface area contributed by atoms with Gasteiger partial charge in [0.05, 0.1) is 51.4 Å². The van der Waals surface area contributed by atoms with Crippen molar-refractivity contribution in [3.63, 3.8) is 0 Å². The van der Waals surface area contributed by atoms with Gasteiger partial charge in [-0.15, -0.1) is 13.2 Å². The number of para-hydroxylation sites is 2. The minimum Gasteiger partial charge on any atom is -0.469 e. The molecule has 14 nitrogen and oxygen atoms in total. The lowest BCUT2D eigenvalue weighted by Crippen LogP contribution is -2.48. The van der Waals surface area contributed by atoms with Gasteiger partial charge in [-0.25, -0.2) is 0 Å². The molecule has 4 aliphatic rings. The van der Waals surface area contributed by atoms with Crippen molar-refractivity contribution in [3.05, 3.63) is 96.4 Å². The van der Waals surface area contributed by atoms with E-state index in [0.717, 1.165) is 51.9 Å². The van der Waals surface area contributed by atoms with Crippen molar-refractivity contribution < 1.29 is 46.8 Å². The second-order valence-electron chi connectivity index (χ2n) is 15.3. The van der Waals surface area contributed by atoms with Crippen molar-refractivity contribution >= 4 is 44.1 Å². The highest BCUT2D eigenvalue weighted by Crippen LogP contribution is 2.47. The molecule has 8 rings (SSSR count). The molecule has 0 radical (unpaired) electrons.